The zero-order valence-electron chi connectivity index (χ0n) is 12.7. The van der Waals surface area contributed by atoms with Crippen molar-refractivity contribution in [2.24, 2.45) is 0 Å². The van der Waals surface area contributed by atoms with Crippen LogP contribution in [0.25, 0.3) is 0 Å². The Morgan fingerprint density at radius 2 is 1.86 bits per heavy atom. The van der Waals surface area contributed by atoms with Crippen LogP contribution in [0.1, 0.15) is 31.2 Å². The summed E-state index contributed by atoms with van der Waals surface area (Å²) in [5.74, 6) is -1.09. The highest BCUT2D eigenvalue weighted by molar-refractivity contribution is 5.82. The zero-order valence-corrected chi connectivity index (χ0v) is 12.7. The topological polar surface area (TPSA) is 66.8 Å². The molecule has 1 aliphatic heterocycles. The quantitative estimate of drug-likeness (QED) is 0.901. The van der Waals surface area contributed by atoms with Gasteiger partial charge in [-0.15, -0.1) is 0 Å². The summed E-state index contributed by atoms with van der Waals surface area (Å²) in [5, 5.41) is 8.95. The first-order valence-electron chi connectivity index (χ1n) is 7.71. The van der Waals surface area contributed by atoms with Gasteiger partial charge in [-0.2, -0.15) is 0 Å². The highest BCUT2D eigenvalue weighted by Crippen LogP contribution is 2.48. The van der Waals surface area contributed by atoms with Crippen LogP contribution in [-0.2, 0) is 19.7 Å². The van der Waals surface area contributed by atoms with Crippen molar-refractivity contribution in [3.8, 4) is 0 Å². The van der Waals surface area contributed by atoms with Crippen LogP contribution in [0.15, 0.2) is 30.3 Å². The monoisotopic (exact) mass is 303 g/mol. The van der Waals surface area contributed by atoms with Gasteiger partial charge in [-0.1, -0.05) is 30.3 Å². The largest absolute Gasteiger partial charge is 0.479 e. The minimum Gasteiger partial charge on any atom is -0.479 e. The third-order valence-corrected chi connectivity index (χ3v) is 4.73. The van der Waals surface area contributed by atoms with Gasteiger partial charge in [0, 0.05) is 19.0 Å². The maximum Gasteiger partial charge on any atom is 0.332 e. The molecular formula is C17H21NO4. The number of carbonyl (C=O) groups is 2. The van der Waals surface area contributed by atoms with E-state index in [0.29, 0.717) is 19.4 Å². The minimum atomic E-state index is -0.985. The molecule has 2 aliphatic rings. The second kappa shape index (κ2) is 5.72. The molecule has 1 amide bonds. The van der Waals surface area contributed by atoms with Gasteiger partial charge in [-0.3, -0.25) is 4.79 Å². The molecule has 1 N–H and O–H groups in total. The molecule has 1 saturated carbocycles. The normalized spacial score (nSPS) is 25.7. The van der Waals surface area contributed by atoms with E-state index in [1.54, 1.807) is 11.9 Å². The van der Waals surface area contributed by atoms with Gasteiger partial charge in [0.05, 0.1) is 0 Å². The van der Waals surface area contributed by atoms with Crippen LogP contribution in [0.3, 0.4) is 0 Å². The number of benzene rings is 1. The third-order valence-electron chi connectivity index (χ3n) is 4.73. The number of hydrogen-bond donors (Lipinski definition) is 1. The van der Waals surface area contributed by atoms with E-state index in [1.165, 1.54) is 5.56 Å². The van der Waals surface area contributed by atoms with Crippen molar-refractivity contribution in [2.45, 2.75) is 43.3 Å². The summed E-state index contributed by atoms with van der Waals surface area (Å²) in [6, 6.07) is 10.3. The summed E-state index contributed by atoms with van der Waals surface area (Å²) in [4.78, 5) is 25.1. The SMILES string of the molecule is CN(CC1(c2ccccc2)CC1)C(=O)[C@@H]1CC[C@H](C(=O)O)O1. The second-order valence-electron chi connectivity index (χ2n) is 6.37. The fraction of sp³-hybridized carbons (Fsp3) is 0.529. The van der Waals surface area contributed by atoms with Crippen molar-refractivity contribution in [1.82, 2.24) is 4.90 Å². The van der Waals surface area contributed by atoms with E-state index < -0.39 is 18.2 Å². The first kappa shape index (κ1) is 15.0. The maximum absolute atomic E-state index is 12.5. The number of rotatable bonds is 5. The van der Waals surface area contributed by atoms with E-state index in [9.17, 15) is 9.59 Å². The number of likely N-dealkylation sites (N-methyl/N-ethyl adjacent to an activating group) is 1. The average Bonchev–Trinajstić information content (AvgIpc) is 3.13. The number of hydrogen-bond acceptors (Lipinski definition) is 3. The fourth-order valence-electron chi connectivity index (χ4n) is 3.26. The van der Waals surface area contributed by atoms with Crippen molar-refractivity contribution < 1.29 is 19.4 Å². The highest BCUT2D eigenvalue weighted by atomic mass is 16.5. The lowest BCUT2D eigenvalue weighted by molar-refractivity contribution is -0.154. The predicted molar refractivity (Wildman–Crippen MR) is 80.5 cm³/mol. The lowest BCUT2D eigenvalue weighted by Crippen LogP contribution is -2.41. The van der Waals surface area contributed by atoms with Crippen molar-refractivity contribution in [3.63, 3.8) is 0 Å². The van der Waals surface area contributed by atoms with Gasteiger partial charge in [0.25, 0.3) is 5.91 Å². The number of ether oxygens (including phenoxy) is 1. The highest BCUT2D eigenvalue weighted by Gasteiger charge is 2.46. The van der Waals surface area contributed by atoms with Crippen LogP contribution in [0, 0.1) is 0 Å². The van der Waals surface area contributed by atoms with E-state index >= 15 is 0 Å². The molecule has 1 aromatic rings. The molecule has 2 atom stereocenters. The molecule has 0 spiro atoms. The van der Waals surface area contributed by atoms with E-state index in [0.717, 1.165) is 12.8 Å². The van der Waals surface area contributed by atoms with Gasteiger partial charge < -0.3 is 14.7 Å². The van der Waals surface area contributed by atoms with E-state index in [2.05, 4.69) is 12.1 Å². The lowest BCUT2D eigenvalue weighted by Gasteiger charge is -2.26. The number of carboxylic acid groups (broad SMARTS) is 1. The summed E-state index contributed by atoms with van der Waals surface area (Å²) < 4.78 is 5.36. The van der Waals surface area contributed by atoms with E-state index in [1.807, 2.05) is 18.2 Å². The molecule has 0 bridgehead atoms. The second-order valence-corrected chi connectivity index (χ2v) is 6.37. The van der Waals surface area contributed by atoms with E-state index in [-0.39, 0.29) is 11.3 Å². The standard InChI is InChI=1S/C17H21NO4/c1-18(15(19)13-7-8-14(22-13)16(20)21)11-17(9-10-17)12-5-3-2-4-6-12/h2-6,13-14H,7-11H2,1H3,(H,20,21)/t13-,14+/m0/s1. The fourth-order valence-corrected chi connectivity index (χ4v) is 3.26. The van der Waals surface area contributed by atoms with Crippen LogP contribution in [0.2, 0.25) is 0 Å². The summed E-state index contributed by atoms with van der Waals surface area (Å²) in [6.07, 6.45) is 1.60. The summed E-state index contributed by atoms with van der Waals surface area (Å²) in [5.41, 5.74) is 1.33. The lowest BCUT2D eigenvalue weighted by atomic mass is 9.95. The smallest absolute Gasteiger partial charge is 0.332 e. The first-order chi connectivity index (χ1) is 10.5. The van der Waals surface area contributed by atoms with Gasteiger partial charge in [-0.25, -0.2) is 4.79 Å². The molecule has 3 rings (SSSR count). The Bertz CT molecular complexity index is 567. The van der Waals surface area contributed by atoms with E-state index in [4.69, 9.17) is 9.84 Å². The number of carbonyl (C=O) groups excluding carboxylic acids is 1. The predicted octanol–water partition coefficient (Wildman–Crippen LogP) is 1.81. The molecule has 0 unspecified atom stereocenters. The summed E-state index contributed by atoms with van der Waals surface area (Å²) in [6.45, 7) is 0.660. The molecule has 0 aromatic heterocycles. The summed E-state index contributed by atoms with van der Waals surface area (Å²) in [7, 11) is 1.78. The molecule has 118 valence electrons. The Labute approximate surface area is 129 Å². The summed E-state index contributed by atoms with van der Waals surface area (Å²) >= 11 is 0. The zero-order chi connectivity index (χ0) is 15.7. The molecule has 1 aliphatic carbocycles. The van der Waals surface area contributed by atoms with Crippen molar-refractivity contribution in [1.29, 1.82) is 0 Å². The van der Waals surface area contributed by atoms with Crippen molar-refractivity contribution >= 4 is 11.9 Å². The molecule has 5 heteroatoms. The van der Waals surface area contributed by atoms with Crippen LogP contribution in [0.4, 0.5) is 0 Å². The van der Waals surface area contributed by atoms with Gasteiger partial charge in [0.2, 0.25) is 0 Å². The van der Waals surface area contributed by atoms with Crippen molar-refractivity contribution in [3.05, 3.63) is 35.9 Å². The maximum atomic E-state index is 12.5. The van der Waals surface area contributed by atoms with Gasteiger partial charge in [0.15, 0.2) is 6.10 Å². The van der Waals surface area contributed by atoms with Crippen LogP contribution in [0.5, 0.6) is 0 Å². The first-order valence-corrected chi connectivity index (χ1v) is 7.71. The molecule has 1 saturated heterocycles. The molecule has 22 heavy (non-hydrogen) atoms. The number of nitrogens with zero attached hydrogens (tertiary/aromatic N) is 1. The van der Waals surface area contributed by atoms with Gasteiger partial charge in [0.1, 0.15) is 6.10 Å². The van der Waals surface area contributed by atoms with Crippen molar-refractivity contribution in [2.75, 3.05) is 13.6 Å². The van der Waals surface area contributed by atoms with Gasteiger partial charge >= 0.3 is 5.97 Å². The number of aliphatic carboxylic acids is 1. The minimum absolute atomic E-state index is 0.0659. The molecule has 1 heterocycles. The number of amides is 1. The average molecular weight is 303 g/mol. The molecule has 2 fully saturated rings. The Morgan fingerprint density at radius 1 is 1.23 bits per heavy atom. The Hall–Kier alpha value is -1.88. The van der Waals surface area contributed by atoms with Crippen LogP contribution < -0.4 is 0 Å². The van der Waals surface area contributed by atoms with Gasteiger partial charge in [-0.05, 0) is 31.2 Å². The molecule has 5 nitrogen and oxygen atoms in total. The number of carboxylic acids is 1. The Morgan fingerprint density at radius 3 is 2.41 bits per heavy atom. The van der Waals surface area contributed by atoms with Crippen LogP contribution in [-0.4, -0.2) is 47.7 Å². The Kier molecular flexibility index (Phi) is 3.91. The molecular weight excluding hydrogens is 282 g/mol. The third kappa shape index (κ3) is 2.86. The molecule has 0 radical (unpaired) electrons. The molecule has 1 aromatic carbocycles. The Balaban J connectivity index is 1.62. The van der Waals surface area contributed by atoms with Crippen LogP contribution >= 0.6 is 0 Å².